The number of benzene rings is 2. The molecule has 2 aromatic carbocycles. The number of carbonyl (C=O) groups is 2. The van der Waals surface area contributed by atoms with Crippen LogP contribution in [0.1, 0.15) is 31.8 Å². The van der Waals surface area contributed by atoms with Crippen LogP contribution in [0.2, 0.25) is 0 Å². The standard InChI is InChI=1S/2C8H8O3.Zr/c2*1-5-2-3-7(9)6(4-5)8(10)11;/h2*2-4,9H,1H3,(H,10,11);. The van der Waals surface area contributed by atoms with E-state index in [2.05, 4.69) is 0 Å². The predicted octanol–water partition coefficient (Wildman–Crippen LogP) is 2.80. The summed E-state index contributed by atoms with van der Waals surface area (Å²) in [6.45, 7) is 3.54. The van der Waals surface area contributed by atoms with Gasteiger partial charge in [-0.25, -0.2) is 9.59 Å². The summed E-state index contributed by atoms with van der Waals surface area (Å²) in [4.78, 5) is 20.8. The predicted molar refractivity (Wildman–Crippen MR) is 79.6 cm³/mol. The minimum absolute atomic E-state index is 0. The van der Waals surface area contributed by atoms with Crippen molar-refractivity contribution in [1.29, 1.82) is 0 Å². The Bertz CT molecular complexity index is 650. The van der Waals surface area contributed by atoms with Gasteiger partial charge in [-0.15, -0.1) is 0 Å². The van der Waals surface area contributed by atoms with E-state index in [1.54, 1.807) is 26.0 Å². The molecule has 23 heavy (non-hydrogen) atoms. The summed E-state index contributed by atoms with van der Waals surface area (Å²) >= 11 is 0. The summed E-state index contributed by atoms with van der Waals surface area (Å²) in [6.07, 6.45) is 0. The van der Waals surface area contributed by atoms with Crippen LogP contribution < -0.4 is 0 Å². The van der Waals surface area contributed by atoms with Crippen molar-refractivity contribution in [2.75, 3.05) is 0 Å². The van der Waals surface area contributed by atoms with Crippen LogP contribution >= 0.6 is 0 Å². The third-order valence-corrected chi connectivity index (χ3v) is 2.76. The third-order valence-electron chi connectivity index (χ3n) is 2.76. The number of aromatic carboxylic acids is 2. The molecule has 0 radical (unpaired) electrons. The largest absolute Gasteiger partial charge is 0.507 e. The molecule has 7 heteroatoms. The first-order valence-electron chi connectivity index (χ1n) is 6.28. The molecular weight excluding hydrogens is 379 g/mol. The van der Waals surface area contributed by atoms with Gasteiger partial charge in [0.15, 0.2) is 0 Å². The van der Waals surface area contributed by atoms with Crippen molar-refractivity contribution in [3.8, 4) is 11.5 Å². The van der Waals surface area contributed by atoms with E-state index in [1.165, 1.54) is 24.3 Å². The average Bonchev–Trinajstić information content (AvgIpc) is 2.44. The minimum Gasteiger partial charge on any atom is -0.507 e. The Morgan fingerprint density at radius 1 is 0.739 bits per heavy atom. The van der Waals surface area contributed by atoms with E-state index in [0.29, 0.717) is 0 Å². The molecule has 2 rings (SSSR count). The van der Waals surface area contributed by atoms with Gasteiger partial charge in [0.05, 0.1) is 0 Å². The molecule has 120 valence electrons. The fourth-order valence-corrected chi connectivity index (χ4v) is 1.64. The Kier molecular flexibility index (Phi) is 8.26. The van der Waals surface area contributed by atoms with Crippen LogP contribution in [-0.4, -0.2) is 32.4 Å². The molecule has 2 aromatic rings. The van der Waals surface area contributed by atoms with E-state index in [9.17, 15) is 9.59 Å². The Hall–Kier alpha value is -2.14. The zero-order chi connectivity index (χ0) is 16.9. The molecule has 0 heterocycles. The molecule has 0 aliphatic heterocycles. The molecule has 0 aliphatic rings. The zero-order valence-corrected chi connectivity index (χ0v) is 15.0. The van der Waals surface area contributed by atoms with Gasteiger partial charge >= 0.3 is 11.9 Å². The van der Waals surface area contributed by atoms with Crippen molar-refractivity contribution >= 4 is 11.9 Å². The number of carboxylic acids is 2. The molecule has 0 aromatic heterocycles. The minimum atomic E-state index is -1.11. The number of aromatic hydroxyl groups is 2. The number of phenols is 2. The van der Waals surface area contributed by atoms with E-state index in [0.717, 1.165) is 11.1 Å². The molecule has 0 fully saturated rings. The van der Waals surface area contributed by atoms with Crippen molar-refractivity contribution in [3.63, 3.8) is 0 Å². The normalized spacial score (nSPS) is 9.13. The van der Waals surface area contributed by atoms with Gasteiger partial charge in [-0.1, -0.05) is 23.3 Å². The van der Waals surface area contributed by atoms with Gasteiger partial charge < -0.3 is 20.4 Å². The van der Waals surface area contributed by atoms with E-state index < -0.39 is 11.9 Å². The fourth-order valence-electron chi connectivity index (χ4n) is 1.64. The van der Waals surface area contributed by atoms with Gasteiger partial charge in [-0.3, -0.25) is 0 Å². The van der Waals surface area contributed by atoms with E-state index in [1.807, 2.05) is 0 Å². The maximum atomic E-state index is 10.4. The first-order chi connectivity index (χ1) is 10.2. The second-order valence-electron chi connectivity index (χ2n) is 4.65. The van der Waals surface area contributed by atoms with Crippen molar-refractivity contribution in [3.05, 3.63) is 58.7 Å². The van der Waals surface area contributed by atoms with Crippen LogP contribution in [0.15, 0.2) is 36.4 Å². The summed E-state index contributed by atoms with van der Waals surface area (Å²) in [5, 5.41) is 35.1. The first kappa shape index (κ1) is 20.9. The number of aryl methyl sites for hydroxylation is 2. The first-order valence-corrected chi connectivity index (χ1v) is 6.28. The number of hydrogen-bond acceptors (Lipinski definition) is 4. The molecule has 0 aliphatic carbocycles. The van der Waals surface area contributed by atoms with Gasteiger partial charge in [0.25, 0.3) is 0 Å². The van der Waals surface area contributed by atoms with E-state index in [4.69, 9.17) is 20.4 Å². The van der Waals surface area contributed by atoms with Crippen LogP contribution in [0.25, 0.3) is 0 Å². The quantitative estimate of drug-likeness (QED) is 0.622. The van der Waals surface area contributed by atoms with Crippen LogP contribution in [0, 0.1) is 13.8 Å². The summed E-state index contributed by atoms with van der Waals surface area (Å²) in [6, 6.07) is 8.91. The Morgan fingerprint density at radius 2 is 1.04 bits per heavy atom. The zero-order valence-electron chi connectivity index (χ0n) is 12.6. The van der Waals surface area contributed by atoms with Gasteiger partial charge in [-0.2, -0.15) is 0 Å². The van der Waals surface area contributed by atoms with Gasteiger partial charge in [0.2, 0.25) is 0 Å². The average molecular weight is 396 g/mol. The summed E-state index contributed by atoms with van der Waals surface area (Å²) in [7, 11) is 0. The van der Waals surface area contributed by atoms with Crippen molar-refractivity contribution in [2.24, 2.45) is 0 Å². The monoisotopic (exact) mass is 394 g/mol. The van der Waals surface area contributed by atoms with Crippen LogP contribution in [-0.2, 0) is 26.2 Å². The fraction of sp³-hybridized carbons (Fsp3) is 0.125. The number of carboxylic acid groups (broad SMARTS) is 2. The van der Waals surface area contributed by atoms with E-state index in [-0.39, 0.29) is 48.8 Å². The maximum Gasteiger partial charge on any atom is 0.339 e. The van der Waals surface area contributed by atoms with Crippen LogP contribution in [0.5, 0.6) is 11.5 Å². The van der Waals surface area contributed by atoms with Crippen molar-refractivity contribution in [1.82, 2.24) is 0 Å². The smallest absolute Gasteiger partial charge is 0.339 e. The second-order valence-corrected chi connectivity index (χ2v) is 4.65. The number of rotatable bonds is 2. The molecule has 4 N–H and O–H groups in total. The molecule has 0 atom stereocenters. The maximum absolute atomic E-state index is 10.4. The van der Waals surface area contributed by atoms with E-state index >= 15 is 0 Å². The van der Waals surface area contributed by atoms with Gasteiger partial charge in [-0.05, 0) is 38.1 Å². The van der Waals surface area contributed by atoms with Gasteiger partial charge in [0.1, 0.15) is 22.6 Å². The molecule has 0 unspecified atom stereocenters. The van der Waals surface area contributed by atoms with Crippen LogP contribution in [0.4, 0.5) is 0 Å². The summed E-state index contributed by atoms with van der Waals surface area (Å²) < 4.78 is 0. The summed E-state index contributed by atoms with van der Waals surface area (Å²) in [5.41, 5.74) is 1.54. The topological polar surface area (TPSA) is 115 Å². The summed E-state index contributed by atoms with van der Waals surface area (Å²) in [5.74, 6) is -2.59. The SMILES string of the molecule is Cc1ccc(O)c(C(=O)O)c1.Cc1ccc(O)c(C(=O)O)c1.[Zr]. The molecule has 0 saturated carbocycles. The van der Waals surface area contributed by atoms with Crippen LogP contribution in [0.3, 0.4) is 0 Å². The van der Waals surface area contributed by atoms with Crippen molar-refractivity contribution in [2.45, 2.75) is 13.8 Å². The molecular formula is C16H16O6Zr. The van der Waals surface area contributed by atoms with Crippen molar-refractivity contribution < 1.29 is 56.2 Å². The third kappa shape index (κ3) is 6.24. The molecule has 0 amide bonds. The molecule has 6 nitrogen and oxygen atoms in total. The molecule has 0 saturated heterocycles. The number of hydrogen-bond donors (Lipinski definition) is 4. The second kappa shape index (κ2) is 9.10. The van der Waals surface area contributed by atoms with Gasteiger partial charge in [0, 0.05) is 26.2 Å². The Labute approximate surface area is 152 Å². The molecule has 0 spiro atoms. The molecule has 0 bridgehead atoms. The Morgan fingerprint density at radius 3 is 1.26 bits per heavy atom. The Balaban J connectivity index is 0.000000403.